The summed E-state index contributed by atoms with van der Waals surface area (Å²) in [6.07, 6.45) is 3.28. The molecule has 0 saturated carbocycles. The number of nitrogens with zero attached hydrogens (tertiary/aromatic N) is 1. The molecular formula is C14H14FNO2. The number of unbranched alkanes of at least 4 members (excludes halogenated alkanes) is 1. The van der Waals surface area contributed by atoms with Crippen LogP contribution in [-0.2, 0) is 4.74 Å². The van der Waals surface area contributed by atoms with Crippen molar-refractivity contribution < 1.29 is 13.9 Å². The van der Waals surface area contributed by atoms with Crippen molar-refractivity contribution in [1.82, 2.24) is 4.98 Å². The fourth-order valence-corrected chi connectivity index (χ4v) is 1.66. The normalized spacial score (nSPS) is 10.6. The molecule has 0 N–H and O–H groups in total. The lowest BCUT2D eigenvalue weighted by Crippen LogP contribution is -2.07. The fourth-order valence-electron chi connectivity index (χ4n) is 1.66. The van der Waals surface area contributed by atoms with E-state index in [1.165, 1.54) is 12.3 Å². The molecule has 2 aromatic rings. The molecule has 0 amide bonds. The molecule has 0 aliphatic carbocycles. The standard InChI is InChI=1S/C14H14FNO2/c1-2-3-7-18-14(17)11-8-10-5-4-6-16-13(10)12(15)9-11/h4-6,8-9H,2-3,7H2,1H3. The zero-order chi connectivity index (χ0) is 13.0. The van der Waals surface area contributed by atoms with Gasteiger partial charge in [0.1, 0.15) is 11.3 Å². The Balaban J connectivity index is 2.26. The molecule has 0 fully saturated rings. The van der Waals surface area contributed by atoms with Crippen LogP contribution in [-0.4, -0.2) is 17.6 Å². The maximum absolute atomic E-state index is 13.7. The van der Waals surface area contributed by atoms with E-state index in [4.69, 9.17) is 4.74 Å². The number of benzene rings is 1. The first kappa shape index (κ1) is 12.5. The highest BCUT2D eigenvalue weighted by molar-refractivity contribution is 5.94. The van der Waals surface area contributed by atoms with Gasteiger partial charge in [-0.05, 0) is 24.6 Å². The molecule has 1 aromatic heterocycles. The monoisotopic (exact) mass is 247 g/mol. The maximum Gasteiger partial charge on any atom is 0.338 e. The van der Waals surface area contributed by atoms with E-state index in [-0.39, 0.29) is 11.1 Å². The first-order valence-corrected chi connectivity index (χ1v) is 5.93. The molecule has 2 rings (SSSR count). The van der Waals surface area contributed by atoms with Gasteiger partial charge in [0.25, 0.3) is 0 Å². The molecule has 3 nitrogen and oxygen atoms in total. The smallest absolute Gasteiger partial charge is 0.338 e. The topological polar surface area (TPSA) is 39.2 Å². The Labute approximate surface area is 105 Å². The zero-order valence-electron chi connectivity index (χ0n) is 10.1. The van der Waals surface area contributed by atoms with Crippen LogP contribution in [0.25, 0.3) is 10.9 Å². The highest BCUT2D eigenvalue weighted by Crippen LogP contribution is 2.18. The minimum atomic E-state index is -0.504. The van der Waals surface area contributed by atoms with E-state index >= 15 is 0 Å². The highest BCUT2D eigenvalue weighted by Gasteiger charge is 2.11. The molecule has 0 aliphatic rings. The Morgan fingerprint density at radius 1 is 1.44 bits per heavy atom. The number of pyridine rings is 1. The van der Waals surface area contributed by atoms with Crippen molar-refractivity contribution in [3.63, 3.8) is 0 Å². The molecule has 94 valence electrons. The van der Waals surface area contributed by atoms with Gasteiger partial charge in [-0.3, -0.25) is 4.98 Å². The minimum absolute atomic E-state index is 0.226. The lowest BCUT2D eigenvalue weighted by molar-refractivity contribution is 0.0499. The second-order valence-corrected chi connectivity index (χ2v) is 4.02. The largest absolute Gasteiger partial charge is 0.462 e. The number of rotatable bonds is 4. The van der Waals surface area contributed by atoms with Crippen molar-refractivity contribution >= 4 is 16.9 Å². The fraction of sp³-hybridized carbons (Fsp3) is 0.286. The lowest BCUT2D eigenvalue weighted by Gasteiger charge is -2.05. The maximum atomic E-state index is 13.7. The van der Waals surface area contributed by atoms with Crippen molar-refractivity contribution in [2.45, 2.75) is 19.8 Å². The van der Waals surface area contributed by atoms with Crippen LogP contribution in [0.3, 0.4) is 0 Å². The third-order valence-electron chi connectivity index (χ3n) is 2.63. The molecule has 0 unspecified atom stereocenters. The van der Waals surface area contributed by atoms with Crippen molar-refractivity contribution in [2.24, 2.45) is 0 Å². The number of carbonyl (C=O) groups excluding carboxylic acids is 1. The Morgan fingerprint density at radius 3 is 3.06 bits per heavy atom. The number of ether oxygens (including phenoxy) is 1. The van der Waals surface area contributed by atoms with E-state index in [1.807, 2.05) is 6.92 Å². The van der Waals surface area contributed by atoms with Crippen molar-refractivity contribution in [2.75, 3.05) is 6.61 Å². The molecule has 0 aliphatic heterocycles. The molecule has 0 bridgehead atoms. The summed E-state index contributed by atoms with van der Waals surface area (Å²) in [5.74, 6) is -0.997. The first-order chi connectivity index (χ1) is 8.72. The Bertz CT molecular complexity index is 569. The predicted molar refractivity (Wildman–Crippen MR) is 66.9 cm³/mol. The first-order valence-electron chi connectivity index (χ1n) is 5.93. The third kappa shape index (κ3) is 2.64. The molecular weight excluding hydrogens is 233 g/mol. The number of halogens is 1. The summed E-state index contributed by atoms with van der Waals surface area (Å²) in [6.45, 7) is 2.37. The van der Waals surface area contributed by atoms with E-state index in [9.17, 15) is 9.18 Å². The van der Waals surface area contributed by atoms with E-state index < -0.39 is 11.8 Å². The van der Waals surface area contributed by atoms with Gasteiger partial charge in [0, 0.05) is 11.6 Å². The van der Waals surface area contributed by atoms with E-state index in [2.05, 4.69) is 4.98 Å². The van der Waals surface area contributed by atoms with Gasteiger partial charge in [-0.1, -0.05) is 19.4 Å². The van der Waals surface area contributed by atoms with Gasteiger partial charge in [-0.2, -0.15) is 0 Å². The van der Waals surface area contributed by atoms with Gasteiger partial charge in [-0.15, -0.1) is 0 Å². The number of carbonyl (C=O) groups is 1. The van der Waals surface area contributed by atoms with Crippen molar-refractivity contribution in [3.8, 4) is 0 Å². The SMILES string of the molecule is CCCCOC(=O)c1cc(F)c2ncccc2c1. The number of fused-ring (bicyclic) bond motifs is 1. The number of hydrogen-bond donors (Lipinski definition) is 0. The second-order valence-electron chi connectivity index (χ2n) is 4.02. The summed E-state index contributed by atoms with van der Waals surface area (Å²) < 4.78 is 18.8. The van der Waals surface area contributed by atoms with Gasteiger partial charge in [0.05, 0.1) is 12.2 Å². The van der Waals surface area contributed by atoms with Crippen LogP contribution in [0.5, 0.6) is 0 Å². The van der Waals surface area contributed by atoms with Gasteiger partial charge in [0.15, 0.2) is 0 Å². The molecule has 0 atom stereocenters. The lowest BCUT2D eigenvalue weighted by atomic mass is 10.1. The Morgan fingerprint density at radius 2 is 2.28 bits per heavy atom. The van der Waals surface area contributed by atoms with E-state index in [0.717, 1.165) is 12.8 Å². The molecule has 4 heteroatoms. The molecule has 18 heavy (non-hydrogen) atoms. The minimum Gasteiger partial charge on any atom is -0.462 e. The van der Waals surface area contributed by atoms with Crippen LogP contribution in [0.2, 0.25) is 0 Å². The summed E-state index contributed by atoms with van der Waals surface area (Å²) in [5, 5.41) is 0.597. The van der Waals surface area contributed by atoms with Gasteiger partial charge < -0.3 is 4.74 Å². The van der Waals surface area contributed by atoms with Crippen LogP contribution < -0.4 is 0 Å². The van der Waals surface area contributed by atoms with Crippen molar-refractivity contribution in [1.29, 1.82) is 0 Å². The summed E-state index contributed by atoms with van der Waals surface area (Å²) in [5.41, 5.74) is 0.492. The van der Waals surface area contributed by atoms with Gasteiger partial charge in [0.2, 0.25) is 0 Å². The van der Waals surface area contributed by atoms with Crippen LogP contribution in [0.1, 0.15) is 30.1 Å². The molecule has 0 saturated heterocycles. The molecule has 1 aromatic carbocycles. The van der Waals surface area contributed by atoms with Gasteiger partial charge >= 0.3 is 5.97 Å². The third-order valence-corrected chi connectivity index (χ3v) is 2.63. The Hall–Kier alpha value is -1.97. The van der Waals surface area contributed by atoms with Crippen LogP contribution in [0.4, 0.5) is 4.39 Å². The average Bonchev–Trinajstić information content (AvgIpc) is 2.39. The quantitative estimate of drug-likeness (QED) is 0.614. The number of aromatic nitrogens is 1. The summed E-state index contributed by atoms with van der Waals surface area (Å²) in [4.78, 5) is 15.6. The molecule has 0 radical (unpaired) electrons. The zero-order valence-corrected chi connectivity index (χ0v) is 10.1. The summed E-state index contributed by atoms with van der Waals surface area (Å²) >= 11 is 0. The van der Waals surface area contributed by atoms with Crippen LogP contribution >= 0.6 is 0 Å². The number of hydrogen-bond acceptors (Lipinski definition) is 3. The number of esters is 1. The van der Waals surface area contributed by atoms with Crippen LogP contribution in [0, 0.1) is 5.82 Å². The highest BCUT2D eigenvalue weighted by atomic mass is 19.1. The van der Waals surface area contributed by atoms with E-state index in [1.54, 1.807) is 18.2 Å². The van der Waals surface area contributed by atoms with E-state index in [0.29, 0.717) is 12.0 Å². The Kier molecular flexibility index (Phi) is 3.87. The molecule has 0 spiro atoms. The summed E-state index contributed by atoms with van der Waals surface area (Å²) in [6, 6.07) is 6.19. The average molecular weight is 247 g/mol. The van der Waals surface area contributed by atoms with Gasteiger partial charge in [-0.25, -0.2) is 9.18 Å². The second kappa shape index (κ2) is 5.58. The van der Waals surface area contributed by atoms with Crippen LogP contribution in [0.15, 0.2) is 30.5 Å². The van der Waals surface area contributed by atoms with Crippen molar-refractivity contribution in [3.05, 3.63) is 41.8 Å². The summed E-state index contributed by atoms with van der Waals surface area (Å²) in [7, 11) is 0. The predicted octanol–water partition coefficient (Wildman–Crippen LogP) is 3.33. The molecule has 1 heterocycles.